The first-order chi connectivity index (χ1) is 10.7. The van der Waals surface area contributed by atoms with E-state index in [2.05, 4.69) is 20.1 Å². The molecule has 1 aromatic heterocycles. The van der Waals surface area contributed by atoms with E-state index in [-0.39, 0.29) is 5.91 Å². The van der Waals surface area contributed by atoms with E-state index in [1.165, 1.54) is 0 Å². The Hall–Kier alpha value is -2.37. The lowest BCUT2D eigenvalue weighted by Crippen LogP contribution is -2.37. The molecule has 1 aromatic carbocycles. The van der Waals surface area contributed by atoms with Gasteiger partial charge in [0.15, 0.2) is 6.10 Å². The second kappa shape index (κ2) is 6.60. The first-order valence-corrected chi connectivity index (χ1v) is 7.64. The van der Waals surface area contributed by atoms with Crippen LogP contribution in [-0.2, 0) is 24.2 Å². The van der Waals surface area contributed by atoms with E-state index in [1.54, 1.807) is 6.92 Å². The number of aryl methyl sites for hydroxylation is 1. The minimum Gasteiger partial charge on any atom is -0.481 e. The molecule has 0 saturated heterocycles. The Kier molecular flexibility index (Phi) is 4.37. The molecule has 0 spiro atoms. The highest BCUT2D eigenvalue weighted by Gasteiger charge is 2.18. The molecule has 1 amide bonds. The molecule has 0 bridgehead atoms. The lowest BCUT2D eigenvalue weighted by molar-refractivity contribution is -0.127. The highest BCUT2D eigenvalue weighted by atomic mass is 16.5. The number of carbonyl (C=O) groups excluding carboxylic acids is 1. The van der Waals surface area contributed by atoms with Gasteiger partial charge in [-0.25, -0.2) is 0 Å². The van der Waals surface area contributed by atoms with Crippen LogP contribution in [0.1, 0.15) is 25.0 Å². The van der Waals surface area contributed by atoms with Crippen molar-refractivity contribution in [1.82, 2.24) is 20.1 Å². The van der Waals surface area contributed by atoms with Crippen molar-refractivity contribution < 1.29 is 9.53 Å². The van der Waals surface area contributed by atoms with Crippen LogP contribution in [0.4, 0.5) is 0 Å². The molecular formula is C16H20N4O2. The Morgan fingerprint density at radius 2 is 2.18 bits per heavy atom. The van der Waals surface area contributed by atoms with Gasteiger partial charge in [-0.2, -0.15) is 0 Å². The molecule has 3 rings (SSSR count). The monoisotopic (exact) mass is 300 g/mol. The van der Waals surface area contributed by atoms with Crippen LogP contribution in [-0.4, -0.2) is 33.3 Å². The molecule has 6 heteroatoms. The van der Waals surface area contributed by atoms with Gasteiger partial charge in [0.05, 0.1) is 0 Å². The first-order valence-electron chi connectivity index (χ1n) is 7.64. The second-order valence-corrected chi connectivity index (χ2v) is 5.40. The van der Waals surface area contributed by atoms with E-state index < -0.39 is 6.10 Å². The fourth-order valence-corrected chi connectivity index (χ4v) is 2.59. The molecule has 0 saturated carbocycles. The minimum atomic E-state index is -0.522. The van der Waals surface area contributed by atoms with Crippen molar-refractivity contribution in [2.75, 3.05) is 6.54 Å². The number of para-hydroxylation sites is 1. The highest BCUT2D eigenvalue weighted by Crippen LogP contribution is 2.14. The number of hydrogen-bond donors (Lipinski definition) is 1. The Labute approximate surface area is 129 Å². The number of ether oxygens (including phenoxy) is 1. The second-order valence-electron chi connectivity index (χ2n) is 5.40. The number of amides is 1. The largest absolute Gasteiger partial charge is 0.481 e. The number of benzene rings is 1. The van der Waals surface area contributed by atoms with Crippen LogP contribution in [0.3, 0.4) is 0 Å². The molecule has 0 radical (unpaired) electrons. The van der Waals surface area contributed by atoms with E-state index in [4.69, 9.17) is 4.74 Å². The van der Waals surface area contributed by atoms with Gasteiger partial charge in [-0.15, -0.1) is 10.2 Å². The molecule has 2 aromatic rings. The van der Waals surface area contributed by atoms with Gasteiger partial charge < -0.3 is 14.6 Å². The predicted octanol–water partition coefficient (Wildman–Crippen LogP) is 1.35. The van der Waals surface area contributed by atoms with Crippen LogP contribution in [0.2, 0.25) is 0 Å². The van der Waals surface area contributed by atoms with Crippen LogP contribution in [0.15, 0.2) is 30.3 Å². The van der Waals surface area contributed by atoms with Crippen LogP contribution in [0, 0.1) is 0 Å². The van der Waals surface area contributed by atoms with Crippen molar-refractivity contribution in [3.63, 3.8) is 0 Å². The van der Waals surface area contributed by atoms with Crippen LogP contribution < -0.4 is 10.1 Å². The number of aromatic nitrogens is 3. The van der Waals surface area contributed by atoms with Gasteiger partial charge >= 0.3 is 0 Å². The fraction of sp³-hybridized carbons (Fsp3) is 0.438. The van der Waals surface area contributed by atoms with Crippen molar-refractivity contribution in [2.45, 2.75) is 38.8 Å². The Balaban J connectivity index is 1.46. The fourth-order valence-electron chi connectivity index (χ4n) is 2.59. The van der Waals surface area contributed by atoms with E-state index in [9.17, 15) is 4.79 Å². The van der Waals surface area contributed by atoms with Crippen LogP contribution >= 0.6 is 0 Å². The van der Waals surface area contributed by atoms with E-state index in [1.807, 2.05) is 30.3 Å². The maximum absolute atomic E-state index is 12.0. The Morgan fingerprint density at radius 3 is 3.00 bits per heavy atom. The van der Waals surface area contributed by atoms with Crippen molar-refractivity contribution in [3.05, 3.63) is 42.0 Å². The SMILES string of the molecule is C[C@@H](Oc1ccccc1)C(=O)NCCc1nnc2n1CCC2. The van der Waals surface area contributed by atoms with E-state index in [0.717, 1.165) is 31.0 Å². The summed E-state index contributed by atoms with van der Waals surface area (Å²) in [6.45, 7) is 3.27. The third kappa shape index (κ3) is 3.27. The van der Waals surface area contributed by atoms with E-state index in [0.29, 0.717) is 18.7 Å². The summed E-state index contributed by atoms with van der Waals surface area (Å²) >= 11 is 0. The smallest absolute Gasteiger partial charge is 0.260 e. The van der Waals surface area contributed by atoms with Crippen molar-refractivity contribution >= 4 is 5.91 Å². The molecule has 22 heavy (non-hydrogen) atoms. The molecule has 6 nitrogen and oxygen atoms in total. The molecular weight excluding hydrogens is 280 g/mol. The zero-order valence-electron chi connectivity index (χ0n) is 12.7. The molecule has 2 heterocycles. The average Bonchev–Trinajstić information content (AvgIpc) is 3.12. The van der Waals surface area contributed by atoms with Gasteiger partial charge in [0.2, 0.25) is 0 Å². The van der Waals surface area contributed by atoms with Gasteiger partial charge in [-0.1, -0.05) is 18.2 Å². The van der Waals surface area contributed by atoms with Gasteiger partial charge in [-0.3, -0.25) is 4.79 Å². The topological polar surface area (TPSA) is 69.0 Å². The molecule has 0 aliphatic carbocycles. The quantitative estimate of drug-likeness (QED) is 0.874. The zero-order chi connectivity index (χ0) is 15.4. The molecule has 1 atom stereocenters. The zero-order valence-corrected chi connectivity index (χ0v) is 12.7. The molecule has 0 unspecified atom stereocenters. The third-order valence-corrected chi connectivity index (χ3v) is 3.76. The minimum absolute atomic E-state index is 0.120. The number of nitrogens with one attached hydrogen (secondary N) is 1. The molecule has 116 valence electrons. The molecule has 1 aliphatic heterocycles. The standard InChI is InChI=1S/C16H20N4O2/c1-12(22-13-6-3-2-4-7-13)16(21)17-10-9-15-19-18-14-8-5-11-20(14)15/h2-4,6-7,12H,5,8-11H2,1H3,(H,17,21)/t12-/m1/s1. The Bertz CT molecular complexity index is 639. The van der Waals surface area contributed by atoms with Crippen molar-refractivity contribution in [3.8, 4) is 5.75 Å². The number of rotatable bonds is 6. The van der Waals surface area contributed by atoms with Gasteiger partial charge in [0.1, 0.15) is 17.4 Å². The maximum Gasteiger partial charge on any atom is 0.260 e. The summed E-state index contributed by atoms with van der Waals surface area (Å²) in [4.78, 5) is 12.0. The van der Waals surface area contributed by atoms with E-state index >= 15 is 0 Å². The summed E-state index contributed by atoms with van der Waals surface area (Å²) in [5.74, 6) is 2.58. The molecule has 1 N–H and O–H groups in total. The van der Waals surface area contributed by atoms with Crippen LogP contribution in [0.5, 0.6) is 5.75 Å². The third-order valence-electron chi connectivity index (χ3n) is 3.76. The lowest BCUT2D eigenvalue weighted by atomic mass is 10.3. The summed E-state index contributed by atoms with van der Waals surface area (Å²) in [5, 5.41) is 11.2. The molecule has 1 aliphatic rings. The van der Waals surface area contributed by atoms with Gasteiger partial charge in [0, 0.05) is 25.9 Å². The average molecular weight is 300 g/mol. The van der Waals surface area contributed by atoms with Gasteiger partial charge in [-0.05, 0) is 25.5 Å². The summed E-state index contributed by atoms with van der Waals surface area (Å²) in [5.41, 5.74) is 0. The van der Waals surface area contributed by atoms with Crippen molar-refractivity contribution in [2.24, 2.45) is 0 Å². The Morgan fingerprint density at radius 1 is 1.36 bits per heavy atom. The first kappa shape index (κ1) is 14.6. The maximum atomic E-state index is 12.0. The summed E-state index contributed by atoms with van der Waals surface area (Å²) < 4.78 is 7.74. The summed E-state index contributed by atoms with van der Waals surface area (Å²) in [6, 6.07) is 9.35. The van der Waals surface area contributed by atoms with Gasteiger partial charge in [0.25, 0.3) is 5.91 Å². The number of fused-ring (bicyclic) bond motifs is 1. The number of hydrogen-bond acceptors (Lipinski definition) is 4. The van der Waals surface area contributed by atoms with Crippen molar-refractivity contribution in [1.29, 1.82) is 0 Å². The normalized spacial score (nSPS) is 14.4. The van der Waals surface area contributed by atoms with Crippen LogP contribution in [0.25, 0.3) is 0 Å². The molecule has 0 fully saturated rings. The summed E-state index contributed by atoms with van der Waals surface area (Å²) in [7, 11) is 0. The number of nitrogens with zero attached hydrogens (tertiary/aromatic N) is 3. The highest BCUT2D eigenvalue weighted by molar-refractivity contribution is 5.80. The number of carbonyl (C=O) groups is 1. The summed E-state index contributed by atoms with van der Waals surface area (Å²) in [6.07, 6.45) is 2.30. The predicted molar refractivity (Wildman–Crippen MR) is 81.6 cm³/mol. The lowest BCUT2D eigenvalue weighted by Gasteiger charge is -2.14.